The minimum absolute atomic E-state index is 0.621. The third kappa shape index (κ3) is 5.24. The molecule has 2 heteroatoms. The topological polar surface area (TPSA) is 21.3 Å². The predicted molar refractivity (Wildman–Crippen MR) is 88.6 cm³/mol. The van der Waals surface area contributed by atoms with Crippen molar-refractivity contribution in [2.75, 3.05) is 6.54 Å². The van der Waals surface area contributed by atoms with Crippen molar-refractivity contribution >= 4 is 0 Å². The van der Waals surface area contributed by atoms with Gasteiger partial charge in [0, 0.05) is 6.54 Å². The molecule has 0 saturated carbocycles. The number of benzene rings is 2. The molecule has 2 nitrogen and oxygen atoms in total. The molecule has 0 atom stereocenters. The van der Waals surface area contributed by atoms with Crippen LogP contribution >= 0.6 is 0 Å². The lowest BCUT2D eigenvalue weighted by Gasteiger charge is -2.09. The molecule has 0 radical (unpaired) electrons. The molecule has 0 unspecified atom stereocenters. The fraction of sp³-hybridized carbons (Fsp3) is 0.368. The first kappa shape index (κ1) is 15.6. The Morgan fingerprint density at radius 3 is 2.38 bits per heavy atom. The van der Waals surface area contributed by atoms with E-state index >= 15 is 0 Å². The van der Waals surface area contributed by atoms with Crippen LogP contribution in [0.15, 0.2) is 48.5 Å². The Morgan fingerprint density at radius 2 is 1.67 bits per heavy atom. The number of hydrogen-bond acceptors (Lipinski definition) is 2. The largest absolute Gasteiger partial charge is 0.489 e. The van der Waals surface area contributed by atoms with Gasteiger partial charge in [0.2, 0.25) is 0 Å². The molecule has 21 heavy (non-hydrogen) atoms. The minimum Gasteiger partial charge on any atom is -0.489 e. The zero-order chi connectivity index (χ0) is 14.9. The van der Waals surface area contributed by atoms with Crippen molar-refractivity contribution in [2.24, 2.45) is 0 Å². The zero-order valence-electron chi connectivity index (χ0n) is 13.1. The molecular weight excluding hydrogens is 258 g/mol. The van der Waals surface area contributed by atoms with Crippen molar-refractivity contribution in [1.82, 2.24) is 5.32 Å². The fourth-order valence-corrected chi connectivity index (χ4v) is 2.18. The van der Waals surface area contributed by atoms with Gasteiger partial charge in [-0.1, -0.05) is 50.2 Å². The molecule has 1 N–H and O–H groups in total. The standard InChI is InChI=1S/C19H25NO/c1-3-12-20-14-17-8-10-18(11-9-17)15-21-19-7-5-6-16(4-2)13-19/h5-11,13,20H,3-4,12,14-15H2,1-2H3. The normalized spacial score (nSPS) is 10.6. The van der Waals surface area contributed by atoms with Crippen LogP contribution in [-0.4, -0.2) is 6.54 Å². The van der Waals surface area contributed by atoms with E-state index in [1.165, 1.54) is 23.1 Å². The van der Waals surface area contributed by atoms with E-state index in [9.17, 15) is 0 Å². The van der Waals surface area contributed by atoms with Gasteiger partial charge in [0.05, 0.1) is 0 Å². The fourth-order valence-electron chi connectivity index (χ4n) is 2.18. The Kier molecular flexibility index (Phi) is 6.29. The molecule has 2 rings (SSSR count). The molecule has 0 heterocycles. The van der Waals surface area contributed by atoms with Crippen LogP contribution in [0.1, 0.15) is 37.0 Å². The Hall–Kier alpha value is -1.80. The Balaban J connectivity index is 1.85. The molecule has 0 aliphatic heterocycles. The second-order valence-electron chi connectivity index (χ2n) is 5.28. The quantitative estimate of drug-likeness (QED) is 0.728. The SMILES string of the molecule is CCCNCc1ccc(COc2cccc(CC)c2)cc1. The van der Waals surface area contributed by atoms with E-state index in [1.807, 2.05) is 6.07 Å². The van der Waals surface area contributed by atoms with Crippen LogP contribution in [0.5, 0.6) is 5.75 Å². The van der Waals surface area contributed by atoms with Crippen molar-refractivity contribution in [3.05, 3.63) is 65.2 Å². The van der Waals surface area contributed by atoms with Gasteiger partial charge in [0.25, 0.3) is 0 Å². The third-order valence-electron chi connectivity index (χ3n) is 3.49. The van der Waals surface area contributed by atoms with Gasteiger partial charge >= 0.3 is 0 Å². The highest BCUT2D eigenvalue weighted by molar-refractivity contribution is 5.29. The predicted octanol–water partition coefficient (Wildman–Crippen LogP) is 4.33. The molecule has 112 valence electrons. The molecule has 0 amide bonds. The van der Waals surface area contributed by atoms with Gasteiger partial charge in [-0.05, 0) is 48.2 Å². The summed E-state index contributed by atoms with van der Waals surface area (Å²) in [7, 11) is 0. The molecule has 0 spiro atoms. The van der Waals surface area contributed by atoms with E-state index in [0.717, 1.165) is 25.3 Å². The first-order valence-corrected chi connectivity index (χ1v) is 7.82. The molecule has 0 fully saturated rings. The summed E-state index contributed by atoms with van der Waals surface area (Å²) in [5.74, 6) is 0.947. The summed E-state index contributed by atoms with van der Waals surface area (Å²) < 4.78 is 5.86. The summed E-state index contributed by atoms with van der Waals surface area (Å²) in [5.41, 5.74) is 3.83. The summed E-state index contributed by atoms with van der Waals surface area (Å²) in [6.07, 6.45) is 2.21. The second kappa shape index (κ2) is 8.48. The minimum atomic E-state index is 0.621. The number of ether oxygens (including phenoxy) is 1. The number of rotatable bonds is 8. The van der Waals surface area contributed by atoms with Gasteiger partial charge in [0.1, 0.15) is 12.4 Å². The van der Waals surface area contributed by atoms with Gasteiger partial charge < -0.3 is 10.1 Å². The van der Waals surface area contributed by atoms with Gasteiger partial charge in [-0.3, -0.25) is 0 Å². The van der Waals surface area contributed by atoms with Crippen LogP contribution in [0.3, 0.4) is 0 Å². The highest BCUT2D eigenvalue weighted by Crippen LogP contribution is 2.15. The molecule has 0 aliphatic rings. The van der Waals surface area contributed by atoms with E-state index in [4.69, 9.17) is 4.74 Å². The van der Waals surface area contributed by atoms with Crippen LogP contribution in [0.4, 0.5) is 0 Å². The number of aryl methyl sites for hydroxylation is 1. The lowest BCUT2D eigenvalue weighted by molar-refractivity contribution is 0.306. The molecule has 2 aromatic rings. The van der Waals surface area contributed by atoms with E-state index < -0.39 is 0 Å². The summed E-state index contributed by atoms with van der Waals surface area (Å²) in [6.45, 7) is 6.97. The molecule has 0 saturated heterocycles. The first-order chi connectivity index (χ1) is 10.3. The van der Waals surface area contributed by atoms with Crippen LogP contribution in [0.2, 0.25) is 0 Å². The molecular formula is C19H25NO. The van der Waals surface area contributed by atoms with Crippen molar-refractivity contribution in [3.8, 4) is 5.75 Å². The van der Waals surface area contributed by atoms with Crippen LogP contribution in [0, 0.1) is 0 Å². The second-order valence-corrected chi connectivity index (χ2v) is 5.28. The van der Waals surface area contributed by atoms with E-state index in [2.05, 4.69) is 61.6 Å². The van der Waals surface area contributed by atoms with E-state index in [1.54, 1.807) is 0 Å². The summed E-state index contributed by atoms with van der Waals surface area (Å²) in [5, 5.41) is 3.41. The zero-order valence-corrected chi connectivity index (χ0v) is 13.1. The summed E-state index contributed by atoms with van der Waals surface area (Å²) in [4.78, 5) is 0. The number of hydrogen-bond donors (Lipinski definition) is 1. The van der Waals surface area contributed by atoms with Crippen molar-refractivity contribution in [3.63, 3.8) is 0 Å². The Labute approximate surface area is 128 Å². The highest BCUT2D eigenvalue weighted by atomic mass is 16.5. The lowest BCUT2D eigenvalue weighted by atomic mass is 10.1. The van der Waals surface area contributed by atoms with Gasteiger partial charge in [0.15, 0.2) is 0 Å². The van der Waals surface area contributed by atoms with Crippen LogP contribution in [-0.2, 0) is 19.6 Å². The van der Waals surface area contributed by atoms with Crippen molar-refractivity contribution in [1.29, 1.82) is 0 Å². The average Bonchev–Trinajstić information content (AvgIpc) is 2.54. The summed E-state index contributed by atoms with van der Waals surface area (Å²) >= 11 is 0. The van der Waals surface area contributed by atoms with Gasteiger partial charge in [-0.2, -0.15) is 0 Å². The summed E-state index contributed by atoms with van der Waals surface area (Å²) in [6, 6.07) is 16.9. The Bertz CT molecular complexity index is 534. The maximum absolute atomic E-state index is 5.86. The van der Waals surface area contributed by atoms with Crippen molar-refractivity contribution in [2.45, 2.75) is 39.8 Å². The maximum Gasteiger partial charge on any atom is 0.120 e. The van der Waals surface area contributed by atoms with Gasteiger partial charge in [-0.15, -0.1) is 0 Å². The smallest absolute Gasteiger partial charge is 0.120 e. The van der Waals surface area contributed by atoms with Crippen molar-refractivity contribution < 1.29 is 4.74 Å². The van der Waals surface area contributed by atoms with Gasteiger partial charge in [-0.25, -0.2) is 0 Å². The maximum atomic E-state index is 5.86. The molecule has 0 aliphatic carbocycles. The van der Waals surface area contributed by atoms with E-state index in [0.29, 0.717) is 6.61 Å². The van der Waals surface area contributed by atoms with Crippen LogP contribution in [0.25, 0.3) is 0 Å². The third-order valence-corrected chi connectivity index (χ3v) is 3.49. The monoisotopic (exact) mass is 283 g/mol. The average molecular weight is 283 g/mol. The molecule has 2 aromatic carbocycles. The lowest BCUT2D eigenvalue weighted by Crippen LogP contribution is -2.13. The molecule has 0 bridgehead atoms. The number of nitrogens with one attached hydrogen (secondary N) is 1. The Morgan fingerprint density at radius 1 is 0.905 bits per heavy atom. The van der Waals surface area contributed by atoms with E-state index in [-0.39, 0.29) is 0 Å². The molecule has 0 aromatic heterocycles. The first-order valence-electron chi connectivity index (χ1n) is 7.82. The van der Waals surface area contributed by atoms with Crippen LogP contribution < -0.4 is 10.1 Å². The highest BCUT2D eigenvalue weighted by Gasteiger charge is 1.98.